The van der Waals surface area contributed by atoms with Crippen LogP contribution >= 0.6 is 11.6 Å². The second kappa shape index (κ2) is 7.83. The van der Waals surface area contributed by atoms with Crippen molar-refractivity contribution < 1.29 is 19.0 Å². The lowest BCUT2D eigenvalue weighted by Crippen LogP contribution is -2.07. The Morgan fingerprint density at radius 3 is 2.70 bits per heavy atom. The molecular formula is C17H13ClN4O5. The molecule has 0 atom stereocenters. The zero-order chi connectivity index (χ0) is 19.4. The van der Waals surface area contributed by atoms with Crippen LogP contribution < -0.4 is 5.32 Å². The van der Waals surface area contributed by atoms with Gasteiger partial charge in [0.15, 0.2) is 6.61 Å². The third kappa shape index (κ3) is 4.21. The molecule has 0 saturated carbocycles. The number of hydrogen-bond donors (Lipinski definition) is 1. The maximum absolute atomic E-state index is 12.1. The lowest BCUT2D eigenvalue weighted by molar-refractivity contribution is -0.384. The Bertz CT molecular complexity index is 987. The minimum atomic E-state index is -0.744. The highest BCUT2D eigenvalue weighted by Gasteiger charge is 2.18. The Labute approximate surface area is 158 Å². The van der Waals surface area contributed by atoms with Crippen LogP contribution in [0.15, 0.2) is 47.0 Å². The number of nitrogens with zero attached hydrogens (tertiary/aromatic N) is 3. The number of carbonyl (C=O) groups is 1. The standard InChI is InChI=1S/C17H13ClN4O5/c1-19-13-7-4-11(8-14(13)22(24)25)17(23)26-9-15-20-16(21-27-15)10-2-5-12(18)6-3-10/h2-8,19H,9H2,1H3. The number of nitro groups is 1. The molecule has 10 heteroatoms. The van der Waals surface area contributed by atoms with Gasteiger partial charge in [0.05, 0.1) is 10.5 Å². The minimum absolute atomic E-state index is 0.0399. The summed E-state index contributed by atoms with van der Waals surface area (Å²) in [5, 5.41) is 18.1. The number of nitrogens with one attached hydrogen (secondary N) is 1. The average Bonchev–Trinajstić information content (AvgIpc) is 3.15. The largest absolute Gasteiger partial charge is 0.452 e. The first-order chi connectivity index (χ1) is 13.0. The van der Waals surface area contributed by atoms with Crippen molar-refractivity contribution in [2.24, 2.45) is 0 Å². The van der Waals surface area contributed by atoms with E-state index in [1.165, 1.54) is 12.1 Å². The Morgan fingerprint density at radius 2 is 2.04 bits per heavy atom. The molecule has 3 rings (SSSR count). The summed E-state index contributed by atoms with van der Waals surface area (Å²) in [4.78, 5) is 26.8. The van der Waals surface area contributed by atoms with Gasteiger partial charge in [0, 0.05) is 23.7 Å². The summed E-state index contributed by atoms with van der Waals surface area (Å²) in [6.45, 7) is -0.263. The molecular weight excluding hydrogens is 376 g/mol. The molecule has 2 aromatic carbocycles. The molecule has 0 saturated heterocycles. The van der Waals surface area contributed by atoms with Crippen LogP contribution in [0.2, 0.25) is 5.02 Å². The molecule has 1 heterocycles. The zero-order valence-electron chi connectivity index (χ0n) is 14.0. The summed E-state index contributed by atoms with van der Waals surface area (Å²) in [7, 11) is 1.55. The summed E-state index contributed by atoms with van der Waals surface area (Å²) >= 11 is 5.83. The normalized spacial score (nSPS) is 10.4. The van der Waals surface area contributed by atoms with Gasteiger partial charge in [0.25, 0.3) is 11.6 Å². The van der Waals surface area contributed by atoms with E-state index in [4.69, 9.17) is 20.9 Å². The van der Waals surface area contributed by atoms with Gasteiger partial charge in [0.1, 0.15) is 5.69 Å². The average molecular weight is 389 g/mol. The summed E-state index contributed by atoms with van der Waals surface area (Å²) in [5.41, 5.74) is 0.799. The second-order valence-corrected chi connectivity index (χ2v) is 5.77. The molecule has 1 aromatic heterocycles. The van der Waals surface area contributed by atoms with Crippen molar-refractivity contribution in [1.29, 1.82) is 0 Å². The predicted molar refractivity (Wildman–Crippen MR) is 96.5 cm³/mol. The summed E-state index contributed by atoms with van der Waals surface area (Å²) in [5.74, 6) is -0.326. The summed E-state index contributed by atoms with van der Waals surface area (Å²) in [6, 6.07) is 10.8. The number of aromatic nitrogens is 2. The molecule has 1 N–H and O–H groups in total. The Hall–Kier alpha value is -3.46. The lowest BCUT2D eigenvalue weighted by atomic mass is 10.1. The number of anilines is 1. The van der Waals surface area contributed by atoms with Gasteiger partial charge < -0.3 is 14.6 Å². The fraction of sp³-hybridized carbons (Fsp3) is 0.118. The van der Waals surface area contributed by atoms with Crippen LogP contribution in [0.1, 0.15) is 16.2 Å². The number of hydrogen-bond acceptors (Lipinski definition) is 8. The Kier molecular flexibility index (Phi) is 5.32. The molecule has 0 fully saturated rings. The first-order valence-corrected chi connectivity index (χ1v) is 8.07. The molecule has 0 aliphatic carbocycles. The van der Waals surface area contributed by atoms with Crippen molar-refractivity contribution in [2.45, 2.75) is 6.61 Å². The molecule has 0 bridgehead atoms. The summed E-state index contributed by atoms with van der Waals surface area (Å²) < 4.78 is 10.1. The highest BCUT2D eigenvalue weighted by atomic mass is 35.5. The molecule has 0 aliphatic rings. The van der Waals surface area contributed by atoms with Gasteiger partial charge in [-0.2, -0.15) is 4.98 Å². The van der Waals surface area contributed by atoms with Crippen LogP contribution in [-0.2, 0) is 11.3 Å². The van der Waals surface area contributed by atoms with Gasteiger partial charge in [-0.1, -0.05) is 16.8 Å². The van der Waals surface area contributed by atoms with Crippen molar-refractivity contribution in [1.82, 2.24) is 10.1 Å². The molecule has 9 nitrogen and oxygen atoms in total. The first-order valence-electron chi connectivity index (χ1n) is 7.70. The highest BCUT2D eigenvalue weighted by molar-refractivity contribution is 6.30. The fourth-order valence-corrected chi connectivity index (χ4v) is 2.39. The third-order valence-corrected chi connectivity index (χ3v) is 3.85. The Morgan fingerprint density at radius 1 is 1.30 bits per heavy atom. The van der Waals surface area contributed by atoms with E-state index < -0.39 is 10.9 Å². The van der Waals surface area contributed by atoms with Crippen LogP contribution in [0, 0.1) is 10.1 Å². The molecule has 0 radical (unpaired) electrons. The van der Waals surface area contributed by atoms with E-state index in [1.54, 1.807) is 31.3 Å². The van der Waals surface area contributed by atoms with Crippen molar-refractivity contribution >= 4 is 28.9 Å². The number of nitro benzene ring substituents is 1. The maximum atomic E-state index is 12.1. The maximum Gasteiger partial charge on any atom is 0.338 e. The molecule has 0 aliphatic heterocycles. The van der Waals surface area contributed by atoms with E-state index in [2.05, 4.69) is 15.5 Å². The predicted octanol–water partition coefficient (Wildman–Crippen LogP) is 3.70. The van der Waals surface area contributed by atoms with E-state index in [0.717, 1.165) is 6.07 Å². The van der Waals surface area contributed by atoms with Crippen LogP contribution in [0.3, 0.4) is 0 Å². The van der Waals surface area contributed by atoms with Crippen molar-refractivity contribution in [2.75, 3.05) is 12.4 Å². The number of benzene rings is 2. The van der Waals surface area contributed by atoms with Crippen LogP contribution in [0.5, 0.6) is 0 Å². The lowest BCUT2D eigenvalue weighted by Gasteiger charge is -2.05. The zero-order valence-corrected chi connectivity index (χ0v) is 14.8. The molecule has 138 valence electrons. The number of rotatable bonds is 6. The molecule has 0 amide bonds. The molecule has 27 heavy (non-hydrogen) atoms. The van der Waals surface area contributed by atoms with Crippen molar-refractivity contribution in [3.8, 4) is 11.4 Å². The quantitative estimate of drug-likeness (QED) is 0.385. The van der Waals surface area contributed by atoms with Crippen molar-refractivity contribution in [3.63, 3.8) is 0 Å². The van der Waals surface area contributed by atoms with Crippen LogP contribution in [0.25, 0.3) is 11.4 Å². The number of esters is 1. The molecule has 0 spiro atoms. The Balaban J connectivity index is 1.68. The van der Waals surface area contributed by atoms with E-state index in [0.29, 0.717) is 22.1 Å². The number of halogens is 1. The van der Waals surface area contributed by atoms with E-state index in [9.17, 15) is 14.9 Å². The van der Waals surface area contributed by atoms with E-state index in [-0.39, 0.29) is 23.7 Å². The molecule has 3 aromatic rings. The first kappa shape index (κ1) is 18.3. The smallest absolute Gasteiger partial charge is 0.338 e. The second-order valence-electron chi connectivity index (χ2n) is 5.33. The minimum Gasteiger partial charge on any atom is -0.452 e. The van der Waals surface area contributed by atoms with E-state index in [1.807, 2.05) is 0 Å². The third-order valence-electron chi connectivity index (χ3n) is 3.60. The van der Waals surface area contributed by atoms with Gasteiger partial charge in [0.2, 0.25) is 5.82 Å². The highest BCUT2D eigenvalue weighted by Crippen LogP contribution is 2.25. The van der Waals surface area contributed by atoms with Crippen LogP contribution in [-0.4, -0.2) is 28.1 Å². The van der Waals surface area contributed by atoms with Gasteiger partial charge in [-0.25, -0.2) is 4.79 Å². The van der Waals surface area contributed by atoms with Crippen LogP contribution in [0.4, 0.5) is 11.4 Å². The monoisotopic (exact) mass is 388 g/mol. The van der Waals surface area contributed by atoms with Gasteiger partial charge in [-0.3, -0.25) is 10.1 Å². The van der Waals surface area contributed by atoms with Gasteiger partial charge in [-0.15, -0.1) is 0 Å². The topological polar surface area (TPSA) is 120 Å². The number of ether oxygens (including phenoxy) is 1. The molecule has 0 unspecified atom stereocenters. The van der Waals surface area contributed by atoms with E-state index >= 15 is 0 Å². The van der Waals surface area contributed by atoms with Crippen molar-refractivity contribution in [3.05, 3.63) is 69.1 Å². The summed E-state index contributed by atoms with van der Waals surface area (Å²) in [6.07, 6.45) is 0. The van der Waals surface area contributed by atoms with Gasteiger partial charge in [-0.05, 0) is 36.4 Å². The fourth-order valence-electron chi connectivity index (χ4n) is 2.26. The van der Waals surface area contributed by atoms with Gasteiger partial charge >= 0.3 is 5.97 Å². The SMILES string of the molecule is CNc1ccc(C(=O)OCc2nc(-c3ccc(Cl)cc3)no2)cc1[N+](=O)[O-]. The number of carbonyl (C=O) groups excluding carboxylic acids is 1.